The number of rotatable bonds is 7. The van der Waals surface area contributed by atoms with E-state index >= 15 is 0 Å². The van der Waals surface area contributed by atoms with Gasteiger partial charge in [-0.05, 0) is 106 Å². The van der Waals surface area contributed by atoms with E-state index in [0.717, 1.165) is 76.1 Å². The number of pyridine rings is 1. The molecule has 1 saturated carbocycles. The van der Waals surface area contributed by atoms with Crippen molar-refractivity contribution in [3.05, 3.63) is 74.6 Å². The van der Waals surface area contributed by atoms with Gasteiger partial charge in [-0.15, -0.1) is 11.3 Å². The maximum atomic E-state index is 13.7. The van der Waals surface area contributed by atoms with Gasteiger partial charge in [-0.2, -0.15) is 10.4 Å². The quantitative estimate of drug-likeness (QED) is 0.188. The Morgan fingerprint density at radius 2 is 1.91 bits per heavy atom. The van der Waals surface area contributed by atoms with Crippen LogP contribution in [0.4, 0.5) is 10.5 Å². The molecule has 4 aromatic rings. The number of hydrogen-bond donors (Lipinski definition) is 0. The van der Waals surface area contributed by atoms with E-state index in [1.165, 1.54) is 10.2 Å². The van der Waals surface area contributed by atoms with Crippen LogP contribution in [0.2, 0.25) is 0 Å². The van der Waals surface area contributed by atoms with Gasteiger partial charge in [0.1, 0.15) is 5.60 Å². The Labute approximate surface area is 320 Å². The Hall–Kier alpha value is -4.31. The third-order valence-electron chi connectivity index (χ3n) is 11.2. The molecule has 4 aliphatic rings. The molecule has 6 heterocycles. The SMILES string of the molecule is CC(C)(C)OC(=O)N1C[C@H](N2C[C@@H]3C[C@H]3c3cc(C#N)cc(-c4ccnc5cc(Cn6ncc(C(C)(C)C)cc6=O)sc45)c32)C[C@@H]1CO[C@@H]1CCCCO1. The number of nitrogens with zero attached hydrogens (tertiary/aromatic N) is 6. The lowest BCUT2D eigenvalue weighted by molar-refractivity contribution is -0.168. The number of anilines is 1. The molecule has 0 unspecified atom stereocenters. The minimum atomic E-state index is -0.626. The van der Waals surface area contributed by atoms with E-state index in [2.05, 4.69) is 42.9 Å². The van der Waals surface area contributed by atoms with Crippen LogP contribution in [0.5, 0.6) is 0 Å². The lowest BCUT2D eigenvalue weighted by Gasteiger charge is -2.38. The molecule has 284 valence electrons. The molecule has 0 spiro atoms. The number of fused-ring (bicyclic) bond motifs is 4. The van der Waals surface area contributed by atoms with Crippen molar-refractivity contribution in [2.24, 2.45) is 5.92 Å². The van der Waals surface area contributed by atoms with Gasteiger partial charge < -0.3 is 24.0 Å². The topological polar surface area (TPSA) is 123 Å². The molecule has 0 N–H and O–H groups in total. The van der Waals surface area contributed by atoms with Gasteiger partial charge >= 0.3 is 6.09 Å². The highest BCUT2D eigenvalue weighted by molar-refractivity contribution is 7.19. The third-order valence-corrected chi connectivity index (χ3v) is 12.3. The first-order chi connectivity index (χ1) is 25.8. The fourth-order valence-corrected chi connectivity index (χ4v) is 9.43. The summed E-state index contributed by atoms with van der Waals surface area (Å²) in [6.07, 6.45) is 7.82. The van der Waals surface area contributed by atoms with E-state index in [9.17, 15) is 14.9 Å². The molecule has 5 atom stereocenters. The van der Waals surface area contributed by atoms with Crippen LogP contribution in [0.3, 0.4) is 0 Å². The molecule has 1 aromatic carbocycles. The van der Waals surface area contributed by atoms with Crippen LogP contribution in [0.15, 0.2) is 47.5 Å². The Bertz CT molecular complexity index is 2170. The van der Waals surface area contributed by atoms with Crippen LogP contribution < -0.4 is 10.5 Å². The van der Waals surface area contributed by atoms with Gasteiger partial charge in [-0.25, -0.2) is 9.48 Å². The normalized spacial score (nSPS) is 23.9. The van der Waals surface area contributed by atoms with Crippen molar-refractivity contribution in [3.63, 3.8) is 0 Å². The number of carbonyl (C=O) groups excluding carboxylic acids is 1. The number of hydrogen-bond acceptors (Lipinski definition) is 10. The highest BCUT2D eigenvalue weighted by Crippen LogP contribution is 2.58. The molecule has 54 heavy (non-hydrogen) atoms. The maximum Gasteiger partial charge on any atom is 0.410 e. The predicted molar refractivity (Wildman–Crippen MR) is 209 cm³/mol. The van der Waals surface area contributed by atoms with Crippen molar-refractivity contribution in [1.29, 1.82) is 5.26 Å². The second-order valence-electron chi connectivity index (χ2n) is 17.4. The molecular formula is C42H50N6O5S. The summed E-state index contributed by atoms with van der Waals surface area (Å²) in [5.41, 5.74) is 5.80. The molecule has 1 aliphatic carbocycles. The predicted octanol–water partition coefficient (Wildman–Crippen LogP) is 7.58. The van der Waals surface area contributed by atoms with Gasteiger partial charge in [0.15, 0.2) is 6.29 Å². The van der Waals surface area contributed by atoms with Crippen LogP contribution in [0.1, 0.15) is 101 Å². The van der Waals surface area contributed by atoms with Crippen molar-refractivity contribution in [1.82, 2.24) is 19.7 Å². The fraction of sp³-hybridized carbons (Fsp3) is 0.548. The summed E-state index contributed by atoms with van der Waals surface area (Å²) in [7, 11) is 0. The number of aromatic nitrogens is 3. The van der Waals surface area contributed by atoms with Crippen molar-refractivity contribution in [2.45, 2.75) is 115 Å². The monoisotopic (exact) mass is 750 g/mol. The molecule has 2 saturated heterocycles. The number of benzene rings is 1. The standard InChI is InChI=1S/C42H50N6O5S/c1-41(2,3)27-16-36(49)48(45-20-27)23-30-18-35-39(54-30)31(10-11-44-35)33-13-25(19-43)14-34-32-15-26(32)21-46(38(33)34)28-17-29(24-52-37-9-7-8-12-51-37)47(22-28)40(50)53-42(4,5)6/h10-11,13-14,16,18,20,26,28-29,32,37H,7-9,12,15,17,21-24H2,1-6H3/t26-,28+,29+,32+,37+/m0/s1. The van der Waals surface area contributed by atoms with Crippen LogP contribution >= 0.6 is 11.3 Å². The second-order valence-corrected chi connectivity index (χ2v) is 18.5. The third kappa shape index (κ3) is 7.38. The minimum Gasteiger partial charge on any atom is -0.444 e. The second kappa shape index (κ2) is 14.1. The summed E-state index contributed by atoms with van der Waals surface area (Å²) in [5, 5.41) is 14.8. The van der Waals surface area contributed by atoms with E-state index in [4.69, 9.17) is 19.2 Å². The van der Waals surface area contributed by atoms with E-state index < -0.39 is 5.60 Å². The zero-order chi connectivity index (χ0) is 37.9. The Morgan fingerprint density at radius 1 is 1.07 bits per heavy atom. The Balaban J connectivity index is 1.15. The summed E-state index contributed by atoms with van der Waals surface area (Å²) in [6, 6.07) is 12.2. The zero-order valence-electron chi connectivity index (χ0n) is 32.1. The molecule has 3 aliphatic heterocycles. The number of thiophene rings is 1. The molecule has 1 amide bonds. The van der Waals surface area contributed by atoms with Gasteiger partial charge in [0, 0.05) is 59.7 Å². The maximum absolute atomic E-state index is 13.7. The van der Waals surface area contributed by atoms with E-state index in [0.29, 0.717) is 43.7 Å². The molecule has 12 heteroatoms. The highest BCUT2D eigenvalue weighted by Gasteiger charge is 2.50. The number of carbonyl (C=O) groups is 1. The number of nitriles is 1. The first-order valence-corrected chi connectivity index (χ1v) is 20.1. The first-order valence-electron chi connectivity index (χ1n) is 19.3. The fourth-order valence-electron chi connectivity index (χ4n) is 8.30. The van der Waals surface area contributed by atoms with E-state index in [-0.39, 0.29) is 35.4 Å². The summed E-state index contributed by atoms with van der Waals surface area (Å²) in [5.74, 6) is 0.904. The molecular weight excluding hydrogens is 701 g/mol. The average molecular weight is 751 g/mol. The molecule has 0 bridgehead atoms. The summed E-state index contributed by atoms with van der Waals surface area (Å²) < 4.78 is 20.6. The summed E-state index contributed by atoms with van der Waals surface area (Å²) in [6.45, 7) is 14.7. The van der Waals surface area contributed by atoms with Crippen LogP contribution in [0, 0.1) is 17.2 Å². The summed E-state index contributed by atoms with van der Waals surface area (Å²) >= 11 is 1.61. The smallest absolute Gasteiger partial charge is 0.410 e. The van der Waals surface area contributed by atoms with Crippen molar-refractivity contribution >= 4 is 33.3 Å². The largest absolute Gasteiger partial charge is 0.444 e. The molecule has 0 radical (unpaired) electrons. The number of likely N-dealkylation sites (tertiary alicyclic amines) is 1. The zero-order valence-corrected chi connectivity index (χ0v) is 32.9. The molecule has 11 nitrogen and oxygen atoms in total. The Kier molecular flexibility index (Phi) is 9.56. The van der Waals surface area contributed by atoms with Gasteiger partial charge in [-0.1, -0.05) is 20.8 Å². The number of amides is 1. The van der Waals surface area contributed by atoms with Gasteiger partial charge in [0.25, 0.3) is 5.56 Å². The van der Waals surface area contributed by atoms with Crippen LogP contribution in [-0.4, -0.2) is 76.0 Å². The molecule has 3 fully saturated rings. The minimum absolute atomic E-state index is 0.0237. The molecule has 3 aromatic heterocycles. The van der Waals surface area contributed by atoms with Crippen molar-refractivity contribution < 1.29 is 19.0 Å². The van der Waals surface area contributed by atoms with Gasteiger partial charge in [0.05, 0.1) is 47.2 Å². The summed E-state index contributed by atoms with van der Waals surface area (Å²) in [4.78, 5) is 36.9. The van der Waals surface area contributed by atoms with E-state index in [1.54, 1.807) is 23.6 Å². The average Bonchev–Trinajstić information content (AvgIpc) is 3.60. The lowest BCUT2D eigenvalue weighted by Crippen LogP contribution is -2.44. The van der Waals surface area contributed by atoms with Crippen molar-refractivity contribution in [2.75, 3.05) is 31.2 Å². The first kappa shape index (κ1) is 36.7. The van der Waals surface area contributed by atoms with Gasteiger partial charge in [-0.3, -0.25) is 9.78 Å². The number of ether oxygens (including phenoxy) is 3. The lowest BCUT2D eigenvalue weighted by atomic mass is 9.89. The van der Waals surface area contributed by atoms with E-state index in [1.807, 2.05) is 50.1 Å². The highest BCUT2D eigenvalue weighted by atomic mass is 32.1. The van der Waals surface area contributed by atoms with Crippen LogP contribution in [0.25, 0.3) is 21.3 Å². The molecule has 8 rings (SSSR count). The van der Waals surface area contributed by atoms with Gasteiger partial charge in [0.2, 0.25) is 0 Å². The Morgan fingerprint density at radius 3 is 2.63 bits per heavy atom. The van der Waals surface area contributed by atoms with Crippen molar-refractivity contribution in [3.8, 4) is 17.2 Å². The van der Waals surface area contributed by atoms with Crippen LogP contribution in [-0.2, 0) is 26.2 Å².